The molecule has 3 atom stereocenters. The molecule has 10 heteroatoms. The number of ether oxygens (including phenoxy) is 8. The van der Waals surface area contributed by atoms with Gasteiger partial charge in [0.05, 0.1) is 46.0 Å². The van der Waals surface area contributed by atoms with Gasteiger partial charge in [0, 0.05) is 31.6 Å². The summed E-state index contributed by atoms with van der Waals surface area (Å²) in [5.74, 6) is 1.48. The van der Waals surface area contributed by atoms with Gasteiger partial charge in [0.2, 0.25) is 0 Å². The molecule has 1 aliphatic carbocycles. The third-order valence-electron chi connectivity index (χ3n) is 10.6. The number of esters is 1. The molecule has 2 fully saturated rings. The molecule has 2 aromatic rings. The van der Waals surface area contributed by atoms with Crippen molar-refractivity contribution in [3.8, 4) is 17.2 Å². The molecule has 1 aromatic carbocycles. The van der Waals surface area contributed by atoms with Crippen LogP contribution in [0, 0.1) is 0 Å². The van der Waals surface area contributed by atoms with E-state index in [4.69, 9.17) is 42.3 Å². The van der Waals surface area contributed by atoms with Crippen molar-refractivity contribution in [3.63, 3.8) is 0 Å². The molecule has 3 unspecified atom stereocenters. The second-order valence-corrected chi connectivity index (χ2v) is 15.8. The van der Waals surface area contributed by atoms with Crippen LogP contribution in [0.2, 0.25) is 0 Å². The fourth-order valence-electron chi connectivity index (χ4n) is 7.26. The molecule has 0 bridgehead atoms. The molecule has 0 radical (unpaired) electrons. The predicted molar refractivity (Wildman–Crippen MR) is 205 cm³/mol. The van der Waals surface area contributed by atoms with Gasteiger partial charge in [0.1, 0.15) is 54.0 Å². The van der Waals surface area contributed by atoms with Gasteiger partial charge < -0.3 is 42.3 Å². The van der Waals surface area contributed by atoms with E-state index >= 15 is 0 Å². The van der Waals surface area contributed by atoms with Crippen molar-refractivity contribution < 1.29 is 47.1 Å². The third-order valence-corrected chi connectivity index (χ3v) is 10.6. The molecule has 5 aliphatic rings. The molecule has 54 heavy (non-hydrogen) atoms. The van der Waals surface area contributed by atoms with E-state index in [9.17, 15) is 4.79 Å². The quantitative estimate of drug-likeness (QED) is 0.115. The smallest absolute Gasteiger partial charge is 0.350 e. The molecule has 0 N–H and O–H groups in total. The van der Waals surface area contributed by atoms with Crippen molar-refractivity contribution in [1.82, 2.24) is 0 Å². The van der Waals surface area contributed by atoms with Crippen LogP contribution in [-0.2, 0) is 28.5 Å². The zero-order chi connectivity index (χ0) is 38.3. The lowest BCUT2D eigenvalue weighted by Crippen LogP contribution is -2.39. The minimum atomic E-state index is -1.38. The summed E-state index contributed by atoms with van der Waals surface area (Å²) in [5.41, 5.74) is 5.01. The Morgan fingerprint density at radius 3 is 2.30 bits per heavy atom. The highest BCUT2D eigenvalue weighted by atomic mass is 16.9. The number of carbonyl (C=O) groups is 1. The fraction of sp³-hybridized carbons (Fsp3) is 0.477. The molecule has 2 saturated heterocycles. The predicted octanol–water partition coefficient (Wildman–Crippen LogP) is 7.79. The first kappa shape index (κ1) is 37.8. The Bertz CT molecular complexity index is 2070. The van der Waals surface area contributed by atoms with Gasteiger partial charge >= 0.3 is 11.9 Å². The summed E-state index contributed by atoms with van der Waals surface area (Å²) in [7, 11) is 0. The van der Waals surface area contributed by atoms with Crippen LogP contribution < -0.4 is 24.8 Å². The molecule has 0 amide bonds. The maximum atomic E-state index is 11.6. The molecule has 5 heterocycles. The molecule has 288 valence electrons. The Balaban J connectivity index is 0.985. The van der Waals surface area contributed by atoms with Crippen molar-refractivity contribution in [1.29, 1.82) is 0 Å². The zero-order valence-electron chi connectivity index (χ0n) is 32.7. The average molecular weight is 741 g/mol. The Morgan fingerprint density at radius 2 is 1.59 bits per heavy atom. The lowest BCUT2D eigenvalue weighted by atomic mass is 9.96. The topological polar surface area (TPSA) is 107 Å². The van der Waals surface area contributed by atoms with Crippen molar-refractivity contribution >= 4 is 30.0 Å². The van der Waals surface area contributed by atoms with Gasteiger partial charge in [-0.1, -0.05) is 11.1 Å². The van der Waals surface area contributed by atoms with Crippen LogP contribution in [-0.4, -0.2) is 55.2 Å². The summed E-state index contributed by atoms with van der Waals surface area (Å²) in [6, 6.07) is 3.77. The number of fused-ring (bicyclic) bond motifs is 3. The molecule has 1 aromatic heterocycles. The first-order chi connectivity index (χ1) is 25.7. The summed E-state index contributed by atoms with van der Waals surface area (Å²) in [6.07, 6.45) is 19.5. The molecule has 7 rings (SSSR count). The maximum Gasteiger partial charge on any atom is 0.350 e. The van der Waals surface area contributed by atoms with Crippen LogP contribution in [0.5, 0.6) is 17.2 Å². The number of furan rings is 1. The molecular formula is C44H52O10. The van der Waals surface area contributed by atoms with Gasteiger partial charge in [-0.2, -0.15) is 0 Å². The largest absolute Gasteiger partial charge is 0.493 e. The van der Waals surface area contributed by atoms with Crippen molar-refractivity contribution in [2.45, 2.75) is 117 Å². The number of rotatable bonds is 13. The van der Waals surface area contributed by atoms with Gasteiger partial charge in [0.25, 0.3) is 0 Å². The van der Waals surface area contributed by atoms with E-state index in [1.807, 2.05) is 57.2 Å². The van der Waals surface area contributed by atoms with Crippen LogP contribution in [0.4, 0.5) is 0 Å². The number of epoxide rings is 1. The van der Waals surface area contributed by atoms with E-state index in [2.05, 4.69) is 39.8 Å². The minimum Gasteiger partial charge on any atom is -0.493 e. The van der Waals surface area contributed by atoms with Crippen molar-refractivity contribution in [2.24, 2.45) is 0 Å². The number of hydrogen-bond acceptors (Lipinski definition) is 10. The Labute approximate surface area is 317 Å². The Morgan fingerprint density at radius 1 is 0.907 bits per heavy atom. The molecular weight excluding hydrogens is 688 g/mol. The van der Waals surface area contributed by atoms with Crippen LogP contribution >= 0.6 is 0 Å². The summed E-state index contributed by atoms with van der Waals surface area (Å²) in [5, 5.41) is 0.849. The van der Waals surface area contributed by atoms with Gasteiger partial charge in [-0.05, 0) is 116 Å². The van der Waals surface area contributed by atoms with E-state index in [0.717, 1.165) is 52.5 Å². The highest BCUT2D eigenvalue weighted by Crippen LogP contribution is 2.49. The molecule has 10 nitrogen and oxygen atoms in total. The first-order valence-electron chi connectivity index (χ1n) is 18.9. The van der Waals surface area contributed by atoms with Crippen LogP contribution in [0.1, 0.15) is 98.6 Å². The van der Waals surface area contributed by atoms with E-state index < -0.39 is 11.6 Å². The lowest BCUT2D eigenvalue weighted by molar-refractivity contribution is -0.270. The zero-order valence-corrected chi connectivity index (χ0v) is 32.7. The van der Waals surface area contributed by atoms with Gasteiger partial charge in [0.15, 0.2) is 0 Å². The highest BCUT2D eigenvalue weighted by Gasteiger charge is 2.54. The van der Waals surface area contributed by atoms with Crippen LogP contribution in [0.3, 0.4) is 0 Å². The number of allylic oxidation sites excluding steroid dienone is 3. The highest BCUT2D eigenvalue weighted by molar-refractivity contribution is 5.78. The monoisotopic (exact) mass is 740 g/mol. The normalized spacial score (nSPS) is 24.9. The Hall–Kier alpha value is -4.51. The van der Waals surface area contributed by atoms with E-state index in [1.165, 1.54) is 12.5 Å². The van der Waals surface area contributed by atoms with Gasteiger partial charge in [-0.25, -0.2) is 0 Å². The summed E-state index contributed by atoms with van der Waals surface area (Å²) >= 11 is 0. The fourth-order valence-corrected chi connectivity index (χ4v) is 7.26. The second kappa shape index (κ2) is 15.0. The SMILES string of the molecule is CC(=O)OC1=C(C)CC(OC/C=C(\C)CCC2OC3(C=Cc4c(cc5c(c4OC/C=C(\C)CCC4OC4(C)C)C=CCO5)O3)OC2(C)C)=c2ccoc2=C1. The lowest BCUT2D eigenvalue weighted by Gasteiger charge is -2.32. The van der Waals surface area contributed by atoms with Crippen LogP contribution in [0.15, 0.2) is 69.6 Å². The molecule has 1 spiro atoms. The van der Waals surface area contributed by atoms with Crippen molar-refractivity contribution in [3.05, 3.63) is 86.9 Å². The molecule has 0 saturated carbocycles. The van der Waals surface area contributed by atoms with E-state index in [1.54, 1.807) is 12.3 Å². The standard InChI is InChI=1S/C44H52O10/c1-27(16-21-47-35-24-29(3)34(50-30(4)45)25-36-31(35)18-23-48-36)12-14-40-43(7,8)54-44(53-40)19-15-33-38(51-44)26-37-32(10-9-20-46-37)41(33)49-22-17-28(2)11-13-39-42(5,6)52-39/h9-10,15-19,23,25-26,39-40H,11-14,20-22,24H2,1-8H3/b27-16+,28-17+. The molecule has 4 aliphatic heterocycles. The van der Waals surface area contributed by atoms with E-state index in [0.29, 0.717) is 67.2 Å². The summed E-state index contributed by atoms with van der Waals surface area (Å²) in [4.78, 5) is 11.6. The number of benzene rings is 1. The van der Waals surface area contributed by atoms with Crippen molar-refractivity contribution in [2.75, 3.05) is 19.8 Å². The van der Waals surface area contributed by atoms with Crippen LogP contribution in [0.25, 0.3) is 24.0 Å². The third kappa shape index (κ3) is 8.26. The number of hydrogen-bond donors (Lipinski definition) is 0. The second-order valence-electron chi connectivity index (χ2n) is 15.8. The summed E-state index contributed by atoms with van der Waals surface area (Å²) < 4.78 is 55.2. The van der Waals surface area contributed by atoms with Gasteiger partial charge in [-0.15, -0.1) is 0 Å². The maximum absolute atomic E-state index is 11.6. The Kier molecular flexibility index (Phi) is 10.5. The first-order valence-corrected chi connectivity index (χ1v) is 18.9. The average Bonchev–Trinajstić information content (AvgIpc) is 3.39. The number of carbonyl (C=O) groups excluding carboxylic acids is 1. The van der Waals surface area contributed by atoms with E-state index in [-0.39, 0.29) is 17.7 Å². The van der Waals surface area contributed by atoms with Gasteiger partial charge in [-0.3, -0.25) is 4.79 Å². The summed E-state index contributed by atoms with van der Waals surface area (Å²) in [6.45, 7) is 17.1. The minimum absolute atomic E-state index is 0.00143.